The number of hydrogen-bond donors (Lipinski definition) is 2. The summed E-state index contributed by atoms with van der Waals surface area (Å²) in [5.74, 6) is -0.00580. The first-order valence-corrected chi connectivity index (χ1v) is 9.00. The molecule has 0 fully saturated rings. The number of pyridine rings is 1. The summed E-state index contributed by atoms with van der Waals surface area (Å²) in [7, 11) is 0. The summed E-state index contributed by atoms with van der Waals surface area (Å²) >= 11 is 1.75. The Morgan fingerprint density at radius 3 is 2.83 bits per heavy atom. The molecule has 0 aliphatic heterocycles. The number of para-hydroxylation sites is 1. The first-order valence-electron chi connectivity index (χ1n) is 8.12. The molecule has 0 saturated heterocycles. The van der Waals surface area contributed by atoms with E-state index in [-0.39, 0.29) is 18.0 Å². The first-order chi connectivity index (χ1) is 11.7. The summed E-state index contributed by atoms with van der Waals surface area (Å²) in [6.45, 7) is 0.268. The predicted octanol–water partition coefficient (Wildman–Crippen LogP) is 3.62. The van der Waals surface area contributed by atoms with Crippen molar-refractivity contribution >= 4 is 28.1 Å². The molecule has 0 spiro atoms. The highest BCUT2D eigenvalue weighted by Crippen LogP contribution is 2.13. The van der Waals surface area contributed by atoms with Gasteiger partial charge in [-0.1, -0.05) is 24.3 Å². The zero-order chi connectivity index (χ0) is 16.8. The molecule has 0 bridgehead atoms. The number of aromatic nitrogens is 1. The van der Waals surface area contributed by atoms with Crippen molar-refractivity contribution in [2.45, 2.75) is 32.2 Å². The molecular formula is C19H20N2O2S. The van der Waals surface area contributed by atoms with Gasteiger partial charge in [-0.3, -0.25) is 9.59 Å². The SMILES string of the molecule is O=C(CCCCc1cccs1)NCc1cc2ccccc2[nH]c1=O. The van der Waals surface area contributed by atoms with Gasteiger partial charge in [0.25, 0.3) is 5.56 Å². The van der Waals surface area contributed by atoms with E-state index in [1.54, 1.807) is 11.3 Å². The predicted molar refractivity (Wildman–Crippen MR) is 98.3 cm³/mol. The molecule has 0 atom stereocenters. The van der Waals surface area contributed by atoms with E-state index < -0.39 is 0 Å². The second-order valence-corrected chi connectivity index (χ2v) is 6.81. The molecule has 4 nitrogen and oxygen atoms in total. The highest BCUT2D eigenvalue weighted by molar-refractivity contribution is 7.09. The lowest BCUT2D eigenvalue weighted by Crippen LogP contribution is -2.26. The minimum Gasteiger partial charge on any atom is -0.352 e. The Labute approximate surface area is 144 Å². The van der Waals surface area contributed by atoms with Gasteiger partial charge in [0.1, 0.15) is 0 Å². The van der Waals surface area contributed by atoms with Crippen molar-refractivity contribution in [2.75, 3.05) is 0 Å². The second kappa shape index (κ2) is 7.93. The number of rotatable bonds is 7. The van der Waals surface area contributed by atoms with E-state index in [0.717, 1.165) is 30.2 Å². The molecule has 0 aliphatic carbocycles. The molecule has 124 valence electrons. The van der Waals surface area contributed by atoms with Crippen molar-refractivity contribution in [2.24, 2.45) is 0 Å². The van der Waals surface area contributed by atoms with Crippen LogP contribution in [-0.4, -0.2) is 10.9 Å². The van der Waals surface area contributed by atoms with E-state index in [9.17, 15) is 9.59 Å². The van der Waals surface area contributed by atoms with Crippen LogP contribution in [0.3, 0.4) is 0 Å². The fraction of sp³-hybridized carbons (Fsp3) is 0.263. The second-order valence-electron chi connectivity index (χ2n) is 5.77. The van der Waals surface area contributed by atoms with Gasteiger partial charge in [-0.2, -0.15) is 0 Å². The number of aromatic amines is 1. The third kappa shape index (κ3) is 4.32. The van der Waals surface area contributed by atoms with Crippen LogP contribution in [0.4, 0.5) is 0 Å². The molecular weight excluding hydrogens is 320 g/mol. The van der Waals surface area contributed by atoms with Gasteiger partial charge in [-0.15, -0.1) is 11.3 Å². The summed E-state index contributed by atoms with van der Waals surface area (Å²) in [5, 5.41) is 5.88. The zero-order valence-corrected chi connectivity index (χ0v) is 14.2. The highest BCUT2D eigenvalue weighted by Gasteiger charge is 2.06. The number of aryl methyl sites for hydroxylation is 1. The number of nitrogens with one attached hydrogen (secondary N) is 2. The van der Waals surface area contributed by atoms with Gasteiger partial charge in [0.05, 0.1) is 0 Å². The molecule has 1 aromatic carbocycles. The fourth-order valence-corrected chi connectivity index (χ4v) is 3.40. The monoisotopic (exact) mass is 340 g/mol. The lowest BCUT2D eigenvalue weighted by Gasteiger charge is -2.06. The topological polar surface area (TPSA) is 62.0 Å². The van der Waals surface area contributed by atoms with Crippen LogP contribution in [0.1, 0.15) is 29.7 Å². The van der Waals surface area contributed by atoms with E-state index >= 15 is 0 Å². The van der Waals surface area contributed by atoms with Crippen molar-refractivity contribution < 1.29 is 4.79 Å². The molecule has 3 aromatic rings. The largest absolute Gasteiger partial charge is 0.352 e. The third-order valence-electron chi connectivity index (χ3n) is 3.96. The van der Waals surface area contributed by atoms with Crippen LogP contribution in [0.5, 0.6) is 0 Å². The standard InChI is InChI=1S/C19H20N2O2S/c22-18(10-4-2-7-16-8-5-11-24-16)20-13-15-12-14-6-1-3-9-17(14)21-19(15)23/h1,3,5-6,8-9,11-12H,2,4,7,10,13H2,(H,20,22)(H,21,23). The molecule has 2 N–H and O–H groups in total. The highest BCUT2D eigenvalue weighted by atomic mass is 32.1. The molecule has 24 heavy (non-hydrogen) atoms. The van der Waals surface area contributed by atoms with Gasteiger partial charge in [-0.05, 0) is 48.2 Å². The van der Waals surface area contributed by atoms with Crippen LogP contribution >= 0.6 is 11.3 Å². The Morgan fingerprint density at radius 1 is 1.12 bits per heavy atom. The van der Waals surface area contributed by atoms with E-state index in [2.05, 4.69) is 21.7 Å². The molecule has 0 saturated carbocycles. The van der Waals surface area contributed by atoms with Crippen LogP contribution in [0.25, 0.3) is 10.9 Å². The number of carbonyl (C=O) groups excluding carboxylic acids is 1. The van der Waals surface area contributed by atoms with Crippen molar-refractivity contribution in [1.29, 1.82) is 0 Å². The lowest BCUT2D eigenvalue weighted by molar-refractivity contribution is -0.121. The van der Waals surface area contributed by atoms with Crippen molar-refractivity contribution in [3.8, 4) is 0 Å². The van der Waals surface area contributed by atoms with Gasteiger partial charge in [0.2, 0.25) is 5.91 Å². The molecule has 0 aliphatic rings. The Balaban J connectivity index is 1.47. The van der Waals surface area contributed by atoms with E-state index in [1.165, 1.54) is 4.88 Å². The Bertz CT molecular complexity index is 868. The van der Waals surface area contributed by atoms with Crippen molar-refractivity contribution in [3.05, 3.63) is 68.6 Å². The number of thiophene rings is 1. The van der Waals surface area contributed by atoms with Crippen LogP contribution in [0.2, 0.25) is 0 Å². The number of hydrogen-bond acceptors (Lipinski definition) is 3. The summed E-state index contributed by atoms with van der Waals surface area (Å²) in [5.41, 5.74) is 1.25. The number of benzene rings is 1. The average molecular weight is 340 g/mol. The maximum absolute atomic E-state index is 12.0. The smallest absolute Gasteiger partial charge is 0.253 e. The summed E-state index contributed by atoms with van der Waals surface area (Å²) in [6, 6.07) is 13.6. The zero-order valence-electron chi connectivity index (χ0n) is 13.4. The number of carbonyl (C=O) groups is 1. The van der Waals surface area contributed by atoms with E-state index in [4.69, 9.17) is 0 Å². The Hall–Kier alpha value is -2.40. The van der Waals surface area contributed by atoms with Crippen LogP contribution in [0, 0.1) is 0 Å². The molecule has 5 heteroatoms. The maximum atomic E-state index is 12.0. The van der Waals surface area contributed by atoms with Crippen molar-refractivity contribution in [3.63, 3.8) is 0 Å². The van der Waals surface area contributed by atoms with Gasteiger partial charge in [0, 0.05) is 28.9 Å². The quantitative estimate of drug-likeness (QED) is 0.645. The van der Waals surface area contributed by atoms with Crippen LogP contribution in [0.15, 0.2) is 52.6 Å². The lowest BCUT2D eigenvalue weighted by atomic mass is 10.1. The fourth-order valence-electron chi connectivity index (χ4n) is 2.65. The third-order valence-corrected chi connectivity index (χ3v) is 4.90. The van der Waals surface area contributed by atoms with E-state index in [0.29, 0.717) is 12.0 Å². The Kier molecular flexibility index (Phi) is 5.43. The average Bonchev–Trinajstić information content (AvgIpc) is 3.10. The maximum Gasteiger partial charge on any atom is 0.253 e. The number of unbranched alkanes of at least 4 members (excludes halogenated alkanes) is 1. The summed E-state index contributed by atoms with van der Waals surface area (Å²) < 4.78 is 0. The normalized spacial score (nSPS) is 10.8. The van der Waals surface area contributed by atoms with E-state index in [1.807, 2.05) is 36.4 Å². The number of H-pyrrole nitrogens is 1. The Morgan fingerprint density at radius 2 is 2.00 bits per heavy atom. The van der Waals surface area contributed by atoms with Crippen LogP contribution in [-0.2, 0) is 17.8 Å². The number of amides is 1. The van der Waals surface area contributed by atoms with Gasteiger partial charge in [0.15, 0.2) is 0 Å². The summed E-state index contributed by atoms with van der Waals surface area (Å²) in [4.78, 5) is 28.2. The minimum absolute atomic E-state index is 0.00580. The van der Waals surface area contributed by atoms with Crippen LogP contribution < -0.4 is 10.9 Å². The molecule has 0 radical (unpaired) electrons. The van der Waals surface area contributed by atoms with Gasteiger partial charge in [-0.25, -0.2) is 0 Å². The molecule has 0 unspecified atom stereocenters. The molecule has 3 rings (SSSR count). The molecule has 2 heterocycles. The van der Waals surface area contributed by atoms with Gasteiger partial charge < -0.3 is 10.3 Å². The van der Waals surface area contributed by atoms with Crippen molar-refractivity contribution in [1.82, 2.24) is 10.3 Å². The number of fused-ring (bicyclic) bond motifs is 1. The summed E-state index contributed by atoms with van der Waals surface area (Å²) in [6.07, 6.45) is 3.38. The first kappa shape index (κ1) is 16.5. The van der Waals surface area contributed by atoms with Gasteiger partial charge >= 0.3 is 0 Å². The molecule has 1 amide bonds. The molecule has 2 aromatic heterocycles. The minimum atomic E-state index is -0.147.